The summed E-state index contributed by atoms with van der Waals surface area (Å²) >= 11 is 0. The van der Waals surface area contributed by atoms with Gasteiger partial charge in [-0.25, -0.2) is 12.8 Å². The van der Waals surface area contributed by atoms with Crippen LogP contribution in [0, 0.1) is 5.82 Å². The Morgan fingerprint density at radius 3 is 2.79 bits per heavy atom. The van der Waals surface area contributed by atoms with Gasteiger partial charge in [-0.15, -0.1) is 0 Å². The number of nitrogens with one attached hydrogen (secondary N) is 1. The molecule has 0 aromatic heterocycles. The van der Waals surface area contributed by atoms with E-state index in [-0.39, 0.29) is 22.8 Å². The molecular formula is C12H14FNO4S. The first-order valence-electron chi connectivity index (χ1n) is 5.87. The molecule has 1 fully saturated rings. The third kappa shape index (κ3) is 3.44. The van der Waals surface area contributed by atoms with Crippen LogP contribution in [0.25, 0.3) is 0 Å². The van der Waals surface area contributed by atoms with E-state index < -0.39 is 27.6 Å². The summed E-state index contributed by atoms with van der Waals surface area (Å²) in [6.45, 7) is 0. The van der Waals surface area contributed by atoms with Crippen LogP contribution in [0.15, 0.2) is 18.2 Å². The zero-order valence-corrected chi connectivity index (χ0v) is 10.9. The van der Waals surface area contributed by atoms with Crippen LogP contribution < -0.4 is 5.32 Å². The Balaban J connectivity index is 2.09. The van der Waals surface area contributed by atoms with Crippen LogP contribution >= 0.6 is 0 Å². The van der Waals surface area contributed by atoms with Crippen molar-refractivity contribution >= 4 is 15.7 Å². The average molecular weight is 287 g/mol. The molecule has 0 radical (unpaired) electrons. The lowest BCUT2D eigenvalue weighted by molar-refractivity contribution is 0.0934. The summed E-state index contributed by atoms with van der Waals surface area (Å²) in [6.07, 6.45) is 1.05. The summed E-state index contributed by atoms with van der Waals surface area (Å²) < 4.78 is 36.3. The summed E-state index contributed by atoms with van der Waals surface area (Å²) in [5, 5.41) is 11.6. The van der Waals surface area contributed by atoms with E-state index in [1.165, 1.54) is 6.07 Å². The highest BCUT2D eigenvalue weighted by molar-refractivity contribution is 7.91. The largest absolute Gasteiger partial charge is 0.508 e. The van der Waals surface area contributed by atoms with Gasteiger partial charge in [0, 0.05) is 12.1 Å². The quantitative estimate of drug-likeness (QED) is 0.844. The van der Waals surface area contributed by atoms with Crippen molar-refractivity contribution in [2.45, 2.75) is 18.9 Å². The zero-order valence-electron chi connectivity index (χ0n) is 10.1. The molecule has 1 aromatic rings. The van der Waals surface area contributed by atoms with Gasteiger partial charge in [-0.2, -0.15) is 0 Å². The highest BCUT2D eigenvalue weighted by Crippen LogP contribution is 2.17. The molecule has 1 atom stereocenters. The molecule has 104 valence electrons. The van der Waals surface area contributed by atoms with Crippen molar-refractivity contribution in [1.29, 1.82) is 0 Å². The van der Waals surface area contributed by atoms with E-state index >= 15 is 0 Å². The maximum Gasteiger partial charge on any atom is 0.254 e. The van der Waals surface area contributed by atoms with Crippen LogP contribution in [-0.4, -0.2) is 37.0 Å². The standard InChI is InChI=1S/C12H14FNO4S/c13-11-6-9(15)3-4-10(11)12(16)14-8-2-1-5-19(17,18)7-8/h3-4,6,8,15H,1-2,5,7H2,(H,14,16). The number of phenols is 1. The van der Waals surface area contributed by atoms with Gasteiger partial charge in [0.05, 0.1) is 17.1 Å². The number of sulfone groups is 1. The molecule has 0 bridgehead atoms. The normalized spacial score (nSPS) is 21.8. The number of phenolic OH excluding ortho intramolecular Hbond substituents is 1. The van der Waals surface area contributed by atoms with Crippen LogP contribution in [-0.2, 0) is 9.84 Å². The topological polar surface area (TPSA) is 83.5 Å². The number of hydrogen-bond acceptors (Lipinski definition) is 4. The maximum atomic E-state index is 13.5. The molecule has 1 amide bonds. The van der Waals surface area contributed by atoms with Gasteiger partial charge < -0.3 is 10.4 Å². The second kappa shape index (κ2) is 5.16. The predicted octanol–water partition coefficient (Wildman–Crippen LogP) is 0.838. The minimum Gasteiger partial charge on any atom is -0.508 e. The van der Waals surface area contributed by atoms with Crippen molar-refractivity contribution in [3.63, 3.8) is 0 Å². The van der Waals surface area contributed by atoms with E-state index in [9.17, 15) is 17.6 Å². The van der Waals surface area contributed by atoms with Crippen LogP contribution in [0.3, 0.4) is 0 Å². The van der Waals surface area contributed by atoms with Crippen molar-refractivity contribution in [2.75, 3.05) is 11.5 Å². The van der Waals surface area contributed by atoms with Gasteiger partial charge in [-0.05, 0) is 25.0 Å². The molecule has 1 aromatic carbocycles. The highest BCUT2D eigenvalue weighted by Gasteiger charge is 2.26. The lowest BCUT2D eigenvalue weighted by Gasteiger charge is -2.23. The smallest absolute Gasteiger partial charge is 0.254 e. The van der Waals surface area contributed by atoms with E-state index in [0.29, 0.717) is 12.8 Å². The summed E-state index contributed by atoms with van der Waals surface area (Å²) in [7, 11) is -3.13. The van der Waals surface area contributed by atoms with Crippen LogP contribution in [0.4, 0.5) is 4.39 Å². The van der Waals surface area contributed by atoms with Gasteiger partial charge in [0.1, 0.15) is 11.6 Å². The second-order valence-corrected chi connectivity index (χ2v) is 6.82. The Kier molecular flexibility index (Phi) is 3.75. The number of hydrogen-bond donors (Lipinski definition) is 2. The summed E-state index contributed by atoms with van der Waals surface area (Å²) in [4.78, 5) is 11.8. The van der Waals surface area contributed by atoms with Crippen molar-refractivity contribution in [3.8, 4) is 5.75 Å². The minimum atomic E-state index is -3.13. The first kappa shape index (κ1) is 13.8. The Bertz CT molecular complexity index is 600. The van der Waals surface area contributed by atoms with Gasteiger partial charge in [0.2, 0.25) is 0 Å². The molecule has 2 rings (SSSR count). The molecule has 1 aliphatic heterocycles. The molecule has 0 spiro atoms. The van der Waals surface area contributed by atoms with Crippen LogP contribution in [0.1, 0.15) is 23.2 Å². The second-order valence-electron chi connectivity index (χ2n) is 4.59. The van der Waals surface area contributed by atoms with Gasteiger partial charge in [-0.1, -0.05) is 0 Å². The van der Waals surface area contributed by atoms with Crippen LogP contribution in [0.5, 0.6) is 5.75 Å². The number of carbonyl (C=O) groups is 1. The third-order valence-corrected chi connectivity index (χ3v) is 4.82. The Morgan fingerprint density at radius 1 is 1.42 bits per heavy atom. The molecule has 1 unspecified atom stereocenters. The average Bonchev–Trinajstić information content (AvgIpc) is 2.27. The third-order valence-electron chi connectivity index (χ3n) is 3.00. The number of rotatable bonds is 2. The SMILES string of the molecule is O=C(NC1CCCS(=O)(=O)C1)c1ccc(O)cc1F. The predicted molar refractivity (Wildman–Crippen MR) is 67.2 cm³/mol. The van der Waals surface area contributed by atoms with Crippen molar-refractivity contribution in [2.24, 2.45) is 0 Å². The van der Waals surface area contributed by atoms with Gasteiger partial charge >= 0.3 is 0 Å². The molecule has 19 heavy (non-hydrogen) atoms. The highest BCUT2D eigenvalue weighted by atomic mass is 32.2. The number of benzene rings is 1. The van der Waals surface area contributed by atoms with Crippen LogP contribution in [0.2, 0.25) is 0 Å². The fourth-order valence-corrected chi connectivity index (χ4v) is 3.72. The van der Waals surface area contributed by atoms with Crippen molar-refractivity contribution in [1.82, 2.24) is 5.32 Å². The van der Waals surface area contributed by atoms with Crippen molar-refractivity contribution in [3.05, 3.63) is 29.6 Å². The fraction of sp³-hybridized carbons (Fsp3) is 0.417. The molecule has 1 saturated heterocycles. The zero-order chi connectivity index (χ0) is 14.0. The Morgan fingerprint density at radius 2 is 2.16 bits per heavy atom. The van der Waals surface area contributed by atoms with Gasteiger partial charge in [-0.3, -0.25) is 4.79 Å². The molecule has 1 heterocycles. The number of halogens is 1. The molecular weight excluding hydrogens is 273 g/mol. The molecule has 0 saturated carbocycles. The monoisotopic (exact) mass is 287 g/mol. The number of aromatic hydroxyl groups is 1. The van der Waals surface area contributed by atoms with Gasteiger partial charge in [0.25, 0.3) is 5.91 Å². The molecule has 5 nitrogen and oxygen atoms in total. The Labute approximate surface area is 110 Å². The van der Waals surface area contributed by atoms with E-state index in [4.69, 9.17) is 5.11 Å². The molecule has 7 heteroatoms. The summed E-state index contributed by atoms with van der Waals surface area (Å²) in [5.74, 6) is -1.75. The van der Waals surface area contributed by atoms with Crippen molar-refractivity contribution < 1.29 is 22.7 Å². The first-order chi connectivity index (χ1) is 8.87. The molecule has 0 aliphatic carbocycles. The molecule has 2 N–H and O–H groups in total. The summed E-state index contributed by atoms with van der Waals surface area (Å²) in [6, 6.07) is 2.72. The van der Waals surface area contributed by atoms with E-state index in [1.54, 1.807) is 0 Å². The number of amides is 1. The lowest BCUT2D eigenvalue weighted by atomic mass is 10.1. The number of carbonyl (C=O) groups excluding carboxylic acids is 1. The fourth-order valence-electron chi connectivity index (χ4n) is 2.09. The minimum absolute atomic E-state index is 0.113. The maximum absolute atomic E-state index is 13.5. The summed E-state index contributed by atoms with van der Waals surface area (Å²) in [5.41, 5.74) is -0.208. The molecule has 1 aliphatic rings. The lowest BCUT2D eigenvalue weighted by Crippen LogP contribution is -2.43. The van der Waals surface area contributed by atoms with E-state index in [1.807, 2.05) is 0 Å². The van der Waals surface area contributed by atoms with Gasteiger partial charge in [0.15, 0.2) is 9.84 Å². The van der Waals surface area contributed by atoms with E-state index in [0.717, 1.165) is 12.1 Å². The first-order valence-corrected chi connectivity index (χ1v) is 7.69. The Hall–Kier alpha value is -1.63. The van der Waals surface area contributed by atoms with E-state index in [2.05, 4.69) is 5.32 Å².